The number of aromatic nitrogens is 2. The third-order valence-corrected chi connectivity index (χ3v) is 7.80. The highest BCUT2D eigenvalue weighted by Crippen LogP contribution is 2.35. The number of ether oxygens (including phenoxy) is 1. The van der Waals surface area contributed by atoms with Crippen LogP contribution in [0.4, 0.5) is 5.82 Å². The quantitative estimate of drug-likeness (QED) is 0.125. The lowest BCUT2D eigenvalue weighted by Crippen LogP contribution is -2.60. The van der Waals surface area contributed by atoms with Gasteiger partial charge in [-0.1, -0.05) is 30.3 Å². The predicted molar refractivity (Wildman–Crippen MR) is 160 cm³/mol. The number of hydrogen-bond donors (Lipinski definition) is 7. The highest BCUT2D eigenvalue weighted by molar-refractivity contribution is 5.90. The molecule has 240 valence electrons. The summed E-state index contributed by atoms with van der Waals surface area (Å²) in [6, 6.07) is 10.1. The summed E-state index contributed by atoms with van der Waals surface area (Å²) in [4.78, 5) is 58.0. The third kappa shape index (κ3) is 8.25. The van der Waals surface area contributed by atoms with E-state index < -0.39 is 59.8 Å². The van der Waals surface area contributed by atoms with E-state index in [4.69, 9.17) is 10.5 Å². The van der Waals surface area contributed by atoms with Crippen molar-refractivity contribution < 1.29 is 29.3 Å². The van der Waals surface area contributed by atoms with Crippen molar-refractivity contribution in [2.24, 2.45) is 11.7 Å². The number of ketones is 1. The molecular formula is C29H42N8O7. The summed E-state index contributed by atoms with van der Waals surface area (Å²) in [5.41, 5.74) is 5.90. The molecular weight excluding hydrogens is 572 g/mol. The molecule has 0 aliphatic carbocycles. The summed E-state index contributed by atoms with van der Waals surface area (Å²) < 4.78 is 7.12. The summed E-state index contributed by atoms with van der Waals surface area (Å²) in [6.07, 6.45) is -4.98. The van der Waals surface area contributed by atoms with Gasteiger partial charge < -0.3 is 46.9 Å². The van der Waals surface area contributed by atoms with Gasteiger partial charge in [-0.3, -0.25) is 19.0 Å². The Labute approximate surface area is 255 Å². The number of amides is 2. The molecule has 1 aromatic carbocycles. The zero-order valence-electron chi connectivity index (χ0n) is 24.7. The molecule has 44 heavy (non-hydrogen) atoms. The predicted octanol–water partition coefficient (Wildman–Crippen LogP) is -2.47. The van der Waals surface area contributed by atoms with Crippen LogP contribution in [0.3, 0.4) is 0 Å². The second kappa shape index (κ2) is 15.8. The van der Waals surface area contributed by atoms with E-state index >= 15 is 0 Å². The van der Waals surface area contributed by atoms with Crippen molar-refractivity contribution in [1.82, 2.24) is 30.4 Å². The molecule has 3 heterocycles. The minimum atomic E-state index is -1.67. The second-order valence-electron chi connectivity index (χ2n) is 10.9. The molecule has 2 saturated heterocycles. The monoisotopic (exact) mass is 614 g/mol. The fourth-order valence-electron chi connectivity index (χ4n) is 5.45. The van der Waals surface area contributed by atoms with Crippen LogP contribution in [0, 0.1) is 5.92 Å². The van der Waals surface area contributed by atoms with E-state index in [0.29, 0.717) is 38.5 Å². The lowest BCUT2D eigenvalue weighted by molar-refractivity contribution is -0.230. The Morgan fingerprint density at radius 2 is 1.86 bits per heavy atom. The van der Waals surface area contributed by atoms with Crippen LogP contribution < -0.4 is 32.7 Å². The van der Waals surface area contributed by atoms with Crippen LogP contribution in [0.2, 0.25) is 0 Å². The molecule has 4 rings (SSSR count). The van der Waals surface area contributed by atoms with E-state index in [1.165, 1.54) is 12.3 Å². The average molecular weight is 615 g/mol. The third-order valence-electron chi connectivity index (χ3n) is 7.80. The molecule has 0 saturated carbocycles. The molecule has 1 aromatic heterocycles. The molecule has 2 aliphatic heterocycles. The molecule has 0 radical (unpaired) electrons. The molecule has 8 N–H and O–H groups in total. The van der Waals surface area contributed by atoms with Crippen LogP contribution in [-0.4, -0.2) is 113 Å². The van der Waals surface area contributed by atoms with E-state index in [2.05, 4.69) is 26.3 Å². The van der Waals surface area contributed by atoms with Gasteiger partial charge in [0.05, 0.1) is 18.7 Å². The van der Waals surface area contributed by atoms with Gasteiger partial charge in [0, 0.05) is 51.3 Å². The van der Waals surface area contributed by atoms with Gasteiger partial charge in [0.25, 0.3) is 5.91 Å². The minimum Gasteiger partial charge on any atom is -0.390 e. The normalized spacial score (nSPS) is 24.4. The summed E-state index contributed by atoms with van der Waals surface area (Å²) in [5, 5.41) is 34.1. The van der Waals surface area contributed by atoms with Crippen molar-refractivity contribution in [2.45, 2.75) is 50.0 Å². The average Bonchev–Trinajstić information content (AvgIpc) is 3.03. The summed E-state index contributed by atoms with van der Waals surface area (Å²) in [5.74, 6) is -2.22. The molecule has 0 spiro atoms. The van der Waals surface area contributed by atoms with Gasteiger partial charge in [-0.2, -0.15) is 4.98 Å². The number of nitrogens with one attached hydrogen (secondary N) is 4. The highest BCUT2D eigenvalue weighted by Gasteiger charge is 2.50. The number of likely N-dealkylation sites (N-methyl/N-ethyl adjacent to an activating group) is 1. The fourth-order valence-corrected chi connectivity index (χ4v) is 5.45. The summed E-state index contributed by atoms with van der Waals surface area (Å²) in [6.45, 7) is 2.37. The van der Waals surface area contributed by atoms with Crippen molar-refractivity contribution >= 4 is 23.4 Å². The Bertz CT molecular complexity index is 1320. The maximum Gasteiger partial charge on any atom is 0.351 e. The van der Waals surface area contributed by atoms with Crippen molar-refractivity contribution in [1.29, 1.82) is 0 Å². The lowest BCUT2D eigenvalue weighted by Gasteiger charge is -2.44. The van der Waals surface area contributed by atoms with Crippen molar-refractivity contribution in [2.75, 3.05) is 51.6 Å². The first kappa shape index (κ1) is 33.2. The van der Waals surface area contributed by atoms with Gasteiger partial charge in [0.15, 0.2) is 12.0 Å². The highest BCUT2D eigenvalue weighted by atomic mass is 16.5. The topological polar surface area (TPSA) is 213 Å². The molecule has 2 aliphatic rings. The number of carbonyl (C=O) groups is 3. The number of carbonyl (C=O) groups excluding carboxylic acids is 3. The van der Waals surface area contributed by atoms with E-state index in [0.717, 1.165) is 10.1 Å². The van der Waals surface area contributed by atoms with E-state index in [9.17, 15) is 29.4 Å². The molecule has 6 atom stereocenters. The van der Waals surface area contributed by atoms with Crippen molar-refractivity contribution in [3.05, 3.63) is 58.6 Å². The number of piperazine rings is 1. The van der Waals surface area contributed by atoms with E-state index in [-0.39, 0.29) is 25.9 Å². The van der Waals surface area contributed by atoms with E-state index in [1.807, 2.05) is 30.3 Å². The Hall–Kier alpha value is -3.73. The van der Waals surface area contributed by atoms with Crippen LogP contribution in [0.15, 0.2) is 47.4 Å². The SMILES string of the molecule is CNCC(=O)NC(CCN)C(=O)CC1C(C(=O)N2CCNCC2)OC(n2ccc(NCc3ccccc3)nc2=O)C(O)C1O. The van der Waals surface area contributed by atoms with Crippen molar-refractivity contribution in [3.63, 3.8) is 0 Å². The lowest BCUT2D eigenvalue weighted by atomic mass is 9.82. The van der Waals surface area contributed by atoms with Gasteiger partial charge in [-0.25, -0.2) is 4.79 Å². The van der Waals surface area contributed by atoms with Gasteiger partial charge in [0.1, 0.15) is 18.0 Å². The number of anilines is 1. The maximum absolute atomic E-state index is 13.7. The number of aliphatic hydroxyl groups is 2. The van der Waals surface area contributed by atoms with E-state index in [1.54, 1.807) is 11.9 Å². The molecule has 2 fully saturated rings. The number of benzene rings is 1. The molecule has 2 aromatic rings. The number of rotatable bonds is 13. The first-order chi connectivity index (χ1) is 21.2. The minimum absolute atomic E-state index is 0.0165. The smallest absolute Gasteiger partial charge is 0.351 e. The molecule has 6 unspecified atom stereocenters. The van der Waals surface area contributed by atoms with Gasteiger partial charge in [0.2, 0.25) is 5.91 Å². The Morgan fingerprint density at radius 1 is 1.14 bits per heavy atom. The van der Waals surface area contributed by atoms with Crippen LogP contribution in [-0.2, 0) is 25.7 Å². The first-order valence-corrected chi connectivity index (χ1v) is 14.8. The molecule has 0 bridgehead atoms. The number of nitrogens with two attached hydrogens (primary N) is 1. The van der Waals surface area contributed by atoms with Crippen molar-refractivity contribution in [3.8, 4) is 0 Å². The standard InChI is InChI=1S/C29H42N8O7/c1-31-17-23(39)34-20(7-9-30)21(38)15-19-24(40)25(41)28(44-26(19)27(42)36-13-10-32-11-14-36)37-12-8-22(35-29(37)43)33-16-18-5-3-2-4-6-18/h2-6,8,12,19-20,24-26,28,31-32,40-41H,7,9-11,13-17,30H2,1H3,(H,34,39)(H,33,35,43). The van der Waals surface area contributed by atoms with Crippen LogP contribution in [0.25, 0.3) is 0 Å². The molecule has 15 nitrogen and oxygen atoms in total. The number of nitrogens with zero attached hydrogens (tertiary/aromatic N) is 3. The zero-order chi connectivity index (χ0) is 31.6. The van der Waals surface area contributed by atoms with Crippen LogP contribution in [0.5, 0.6) is 0 Å². The Balaban J connectivity index is 1.56. The number of hydrogen-bond acceptors (Lipinski definition) is 12. The van der Waals surface area contributed by atoms with Crippen LogP contribution in [0.1, 0.15) is 24.6 Å². The number of Topliss-reactive ketones (excluding diaryl/α,β-unsaturated/α-hetero) is 1. The van der Waals surface area contributed by atoms with Gasteiger partial charge in [-0.05, 0) is 31.6 Å². The maximum atomic E-state index is 13.7. The molecule has 2 amide bonds. The second-order valence-corrected chi connectivity index (χ2v) is 10.9. The first-order valence-electron chi connectivity index (χ1n) is 14.8. The summed E-state index contributed by atoms with van der Waals surface area (Å²) >= 11 is 0. The van der Waals surface area contributed by atoms with Gasteiger partial charge in [-0.15, -0.1) is 0 Å². The largest absolute Gasteiger partial charge is 0.390 e. The number of aliphatic hydroxyl groups excluding tert-OH is 2. The Morgan fingerprint density at radius 3 is 2.52 bits per heavy atom. The molecule has 15 heteroatoms. The summed E-state index contributed by atoms with van der Waals surface area (Å²) in [7, 11) is 1.59. The van der Waals surface area contributed by atoms with Crippen LogP contribution >= 0.6 is 0 Å². The van der Waals surface area contributed by atoms with Gasteiger partial charge >= 0.3 is 5.69 Å². The Kier molecular flexibility index (Phi) is 11.9. The zero-order valence-corrected chi connectivity index (χ0v) is 24.7. The fraction of sp³-hybridized carbons (Fsp3) is 0.552.